The van der Waals surface area contributed by atoms with Crippen LogP contribution in [0.2, 0.25) is 0 Å². The number of benzene rings is 2. The van der Waals surface area contributed by atoms with Gasteiger partial charge in [-0.05, 0) is 117 Å². The number of halogens is 2. The van der Waals surface area contributed by atoms with Crippen LogP contribution in [0.3, 0.4) is 0 Å². The Morgan fingerprint density at radius 3 is 2.20 bits per heavy atom. The van der Waals surface area contributed by atoms with Crippen molar-refractivity contribution >= 4 is 5.97 Å². The van der Waals surface area contributed by atoms with Crippen molar-refractivity contribution in [1.82, 2.24) is 0 Å². The number of rotatable bonds is 16. The Bertz CT molecular complexity index is 1230. The summed E-state index contributed by atoms with van der Waals surface area (Å²) in [5.41, 5.74) is 2.94. The number of aliphatic hydroxyl groups is 1. The molecule has 1 unspecified atom stereocenters. The lowest BCUT2D eigenvalue weighted by Gasteiger charge is -2.30. The van der Waals surface area contributed by atoms with Crippen LogP contribution in [0.25, 0.3) is 11.1 Å². The second kappa shape index (κ2) is 17.9. The predicted molar refractivity (Wildman–Crippen MR) is 177 cm³/mol. The third-order valence-electron chi connectivity index (χ3n) is 10.4. The smallest absolute Gasteiger partial charge is 0.335 e. The number of hydrogen-bond donors (Lipinski definition) is 1. The van der Waals surface area contributed by atoms with E-state index in [0.29, 0.717) is 29.6 Å². The molecule has 2 saturated carbocycles. The quantitative estimate of drug-likeness (QED) is 0.115. The van der Waals surface area contributed by atoms with E-state index in [1.807, 2.05) is 24.3 Å². The zero-order valence-corrected chi connectivity index (χ0v) is 27.5. The molecule has 0 amide bonds. The minimum atomic E-state index is -0.565. The molecule has 2 aliphatic carbocycles. The fourth-order valence-electron chi connectivity index (χ4n) is 7.56. The topological polar surface area (TPSA) is 55.8 Å². The van der Waals surface area contributed by atoms with Gasteiger partial charge in [0.25, 0.3) is 0 Å². The van der Waals surface area contributed by atoms with Crippen LogP contribution in [0.1, 0.15) is 120 Å². The predicted octanol–water partition coefficient (Wildman–Crippen LogP) is 9.89. The van der Waals surface area contributed by atoms with Crippen molar-refractivity contribution in [1.29, 1.82) is 0 Å². The molecule has 45 heavy (non-hydrogen) atoms. The van der Waals surface area contributed by atoms with Gasteiger partial charge in [-0.3, -0.25) is 0 Å². The van der Waals surface area contributed by atoms with Gasteiger partial charge in [0.1, 0.15) is 11.6 Å². The number of unbranched alkanes of at least 4 members (excludes halogenated alkanes) is 2. The minimum Gasteiger partial charge on any atom is -0.462 e. The third-order valence-corrected chi connectivity index (χ3v) is 10.4. The van der Waals surface area contributed by atoms with Gasteiger partial charge in [0.15, 0.2) is 0 Å². The average Bonchev–Trinajstić information content (AvgIpc) is 3.06. The van der Waals surface area contributed by atoms with Gasteiger partial charge in [0.2, 0.25) is 0 Å². The van der Waals surface area contributed by atoms with Crippen molar-refractivity contribution in [2.24, 2.45) is 17.8 Å². The number of methoxy groups -OCH3 is 1. The van der Waals surface area contributed by atoms with Crippen molar-refractivity contribution < 1.29 is 28.2 Å². The fourth-order valence-corrected chi connectivity index (χ4v) is 7.56. The van der Waals surface area contributed by atoms with Crippen LogP contribution in [-0.2, 0) is 14.3 Å². The van der Waals surface area contributed by atoms with Gasteiger partial charge in [-0.2, -0.15) is 0 Å². The van der Waals surface area contributed by atoms with Crippen LogP contribution in [0, 0.1) is 29.4 Å². The molecule has 0 heterocycles. The first kappa shape index (κ1) is 35.3. The van der Waals surface area contributed by atoms with Crippen LogP contribution >= 0.6 is 0 Å². The second-order valence-corrected chi connectivity index (χ2v) is 13.7. The van der Waals surface area contributed by atoms with Gasteiger partial charge in [0, 0.05) is 18.6 Å². The Kier molecular flexibility index (Phi) is 14.1. The number of hydrogen-bond acceptors (Lipinski definition) is 4. The summed E-state index contributed by atoms with van der Waals surface area (Å²) >= 11 is 0. The monoisotopic (exact) mass is 624 g/mol. The molecule has 248 valence electrons. The second-order valence-electron chi connectivity index (χ2n) is 13.7. The van der Waals surface area contributed by atoms with Crippen LogP contribution in [0.5, 0.6) is 0 Å². The van der Waals surface area contributed by atoms with Gasteiger partial charge in [-0.15, -0.1) is 0 Å². The number of aliphatic hydroxyl groups excluding tert-OH is 1. The normalized spacial score (nSPS) is 22.6. The summed E-state index contributed by atoms with van der Waals surface area (Å²) < 4.78 is 41.4. The molecule has 0 spiro atoms. The zero-order valence-electron chi connectivity index (χ0n) is 27.5. The molecule has 1 N–H and O–H groups in total. The highest BCUT2D eigenvalue weighted by Crippen LogP contribution is 2.41. The molecule has 1 atom stereocenters. The van der Waals surface area contributed by atoms with Gasteiger partial charge in [0.05, 0.1) is 25.4 Å². The molecule has 0 bridgehead atoms. The summed E-state index contributed by atoms with van der Waals surface area (Å²) in [7, 11) is 1.64. The van der Waals surface area contributed by atoms with Crippen molar-refractivity contribution in [2.75, 3.05) is 26.9 Å². The molecule has 0 aliphatic heterocycles. The maximum atomic E-state index is 15.4. The van der Waals surface area contributed by atoms with Crippen molar-refractivity contribution in [2.45, 2.75) is 109 Å². The highest BCUT2D eigenvalue weighted by atomic mass is 19.1. The first-order valence-corrected chi connectivity index (χ1v) is 17.4. The Balaban J connectivity index is 1.26. The zero-order chi connectivity index (χ0) is 32.2. The maximum absolute atomic E-state index is 15.4. The molecular weight excluding hydrogens is 570 g/mol. The highest BCUT2D eigenvalue weighted by Gasteiger charge is 2.26. The molecule has 0 aromatic heterocycles. The molecule has 0 saturated heterocycles. The summed E-state index contributed by atoms with van der Waals surface area (Å²) in [5.74, 6) is 0.995. The van der Waals surface area contributed by atoms with E-state index in [-0.39, 0.29) is 35.7 Å². The first-order chi connectivity index (χ1) is 21.8. The first-order valence-electron chi connectivity index (χ1n) is 17.4. The summed E-state index contributed by atoms with van der Waals surface area (Å²) in [6.45, 7) is 6.10. The Morgan fingerprint density at radius 2 is 1.58 bits per heavy atom. The van der Waals surface area contributed by atoms with E-state index in [1.54, 1.807) is 13.2 Å². The summed E-state index contributed by atoms with van der Waals surface area (Å²) in [6, 6.07) is 10.8. The molecule has 2 aromatic carbocycles. The summed E-state index contributed by atoms with van der Waals surface area (Å²) in [4.78, 5) is 11.8. The van der Waals surface area contributed by atoms with Crippen LogP contribution in [-0.4, -0.2) is 38.0 Å². The molecule has 0 radical (unpaired) electrons. The van der Waals surface area contributed by atoms with E-state index in [4.69, 9.17) is 14.6 Å². The van der Waals surface area contributed by atoms with E-state index in [0.717, 1.165) is 68.4 Å². The van der Waals surface area contributed by atoms with Gasteiger partial charge in [-0.25, -0.2) is 13.6 Å². The molecule has 6 heteroatoms. The Hall–Kier alpha value is -2.57. The van der Waals surface area contributed by atoms with Gasteiger partial charge < -0.3 is 14.6 Å². The fraction of sp³-hybridized carbons (Fsp3) is 0.615. The molecular formula is C39H54F2O4. The maximum Gasteiger partial charge on any atom is 0.335 e. The average molecular weight is 625 g/mol. The van der Waals surface area contributed by atoms with E-state index >= 15 is 8.78 Å². The minimum absolute atomic E-state index is 0.0553. The molecule has 2 aliphatic rings. The van der Waals surface area contributed by atoms with E-state index in [9.17, 15) is 4.79 Å². The number of esters is 1. The Labute approximate surface area is 269 Å². The van der Waals surface area contributed by atoms with E-state index in [2.05, 4.69) is 13.5 Å². The number of carbonyl (C=O) groups is 1. The highest BCUT2D eigenvalue weighted by molar-refractivity contribution is 5.87. The van der Waals surface area contributed by atoms with E-state index < -0.39 is 12.6 Å². The standard InChI is InChI=1S/C39H54F2O4/c1-4-5-6-7-28-12-16-32(17-13-28)35-21-19-34(23-38(35)41)36-20-18-33(22-37(36)40)31-14-10-29(11-15-31)8-9-30(25-44-3)26-45-39(43)27(2)24-42/h18-23,28-32,42H,2,4-17,24-26H2,1,3H3. The summed E-state index contributed by atoms with van der Waals surface area (Å²) in [6.07, 6.45) is 15.7. The van der Waals surface area contributed by atoms with E-state index in [1.165, 1.54) is 44.6 Å². The lowest BCUT2D eigenvalue weighted by atomic mass is 9.76. The third kappa shape index (κ3) is 10.2. The summed E-state index contributed by atoms with van der Waals surface area (Å²) in [5, 5.41) is 9.06. The molecule has 2 aromatic rings. The lowest BCUT2D eigenvalue weighted by Crippen LogP contribution is -2.21. The Morgan fingerprint density at radius 1 is 0.889 bits per heavy atom. The lowest BCUT2D eigenvalue weighted by molar-refractivity contribution is -0.141. The van der Waals surface area contributed by atoms with Crippen LogP contribution < -0.4 is 0 Å². The van der Waals surface area contributed by atoms with Gasteiger partial charge in [-0.1, -0.05) is 63.5 Å². The number of ether oxygens (including phenoxy) is 2. The van der Waals surface area contributed by atoms with Crippen molar-refractivity contribution in [3.63, 3.8) is 0 Å². The van der Waals surface area contributed by atoms with Crippen LogP contribution in [0.4, 0.5) is 8.78 Å². The van der Waals surface area contributed by atoms with Gasteiger partial charge >= 0.3 is 5.97 Å². The molecule has 2 fully saturated rings. The van der Waals surface area contributed by atoms with Crippen molar-refractivity contribution in [3.8, 4) is 11.1 Å². The molecule has 4 nitrogen and oxygen atoms in total. The molecule has 4 rings (SSSR count). The largest absolute Gasteiger partial charge is 0.462 e. The van der Waals surface area contributed by atoms with Crippen molar-refractivity contribution in [3.05, 3.63) is 71.3 Å². The van der Waals surface area contributed by atoms with Crippen LogP contribution in [0.15, 0.2) is 48.6 Å². The SMILES string of the molecule is C=C(CO)C(=O)OCC(CCC1CCC(c2ccc(-c3ccc(C4CCC(CCCCC)CC4)c(F)c3)c(F)c2)CC1)COC. The number of carbonyl (C=O) groups excluding carboxylic acids is 1.